The van der Waals surface area contributed by atoms with Gasteiger partial charge in [0.05, 0.1) is 1.23 Å². The lowest BCUT2D eigenvalue weighted by Gasteiger charge is -2.36. The van der Waals surface area contributed by atoms with E-state index in [1.54, 1.807) is 20.2 Å². The Labute approximate surface area is 218 Å². The molecule has 0 amide bonds. The van der Waals surface area contributed by atoms with Gasteiger partial charge in [0.25, 0.3) is 17.6 Å². The molecule has 0 bridgehead atoms. The predicted octanol–water partition coefficient (Wildman–Crippen LogP) is 5.06. The third kappa shape index (κ3) is 23.7. The van der Waals surface area contributed by atoms with Crippen molar-refractivity contribution < 1.29 is 29.1 Å². The summed E-state index contributed by atoms with van der Waals surface area (Å²) in [6.45, 7) is 32.7. The summed E-state index contributed by atoms with van der Waals surface area (Å²) in [4.78, 5) is 0. The Kier molecular flexibility index (Phi) is 14.5. The lowest BCUT2D eigenvalue weighted by molar-refractivity contribution is 0.280. The average Bonchev–Trinajstić information content (AvgIpc) is 2.35. The van der Waals surface area contributed by atoms with Crippen LogP contribution in [0.3, 0.4) is 0 Å². The molecule has 0 aliphatic carbocycles. The summed E-state index contributed by atoms with van der Waals surface area (Å²) in [5, 5.41) is 0. The fourth-order valence-corrected chi connectivity index (χ4v) is 31.2. The van der Waals surface area contributed by atoms with Gasteiger partial charge in [0.2, 0.25) is 0 Å². The molecule has 0 saturated heterocycles. The third-order valence-corrected chi connectivity index (χ3v) is 26.7. The van der Waals surface area contributed by atoms with E-state index in [4.69, 9.17) is 37.8 Å². The lowest BCUT2D eigenvalue weighted by Crippen LogP contribution is -2.52. The van der Waals surface area contributed by atoms with Crippen molar-refractivity contribution in [1.29, 1.82) is 1.23 Å². The zero-order chi connectivity index (χ0) is 28.0. The normalized spacial score (nSPS) is 18.2. The molecular weight excluding hydrogens is 552 g/mol. The Hall–Kier alpha value is 1.52. The molecule has 16 heteroatoms. The zero-order valence-electron chi connectivity index (χ0n) is 25.5. The van der Waals surface area contributed by atoms with Gasteiger partial charge in [0, 0.05) is 7.11 Å². The van der Waals surface area contributed by atoms with Gasteiger partial charge in [0.1, 0.15) is 7.44 Å². The van der Waals surface area contributed by atoms with E-state index in [-0.39, 0.29) is 0 Å². The highest BCUT2D eigenvalue weighted by Gasteiger charge is 2.39. The van der Waals surface area contributed by atoms with Gasteiger partial charge in [-0.3, -0.25) is 0 Å². The van der Waals surface area contributed by atoms with Crippen LogP contribution in [0, 0.1) is 0 Å². The van der Waals surface area contributed by atoms with Gasteiger partial charge in [-0.05, 0) is 105 Å². The minimum atomic E-state index is -3.10. The highest BCUT2D eigenvalue weighted by molar-refractivity contribution is 7.12. The van der Waals surface area contributed by atoms with Crippen molar-refractivity contribution >= 4 is 76.4 Å². The van der Waals surface area contributed by atoms with Crippen molar-refractivity contribution in [3.8, 4) is 0 Å². The SMILES string of the molecule is CO[Si](C)(C)O[Si](C)(C)O[Si](C)(C)C.[3H][Si](C)(O[Si]([B])(C)O[SiH](C)C)O[Si](C)(C)O[Si](C)(C)C. The largest absolute Gasteiger partial charge is 0.445 e. The standard InChI is InChI=1S/C9H29BO4Si5.C8H24O3Si3/c1-15(2)11-19(9,10)13-16(3)12-18(7,8)14-17(4,5)6;1-9-13(5,6)11-14(7,8)10-12(2,3)4/h15-16H,1-9H3;1-8H3/i16T;. The van der Waals surface area contributed by atoms with Crippen LogP contribution >= 0.6 is 0 Å². The summed E-state index contributed by atoms with van der Waals surface area (Å²) in [6.07, 6.45) is 0. The zero-order valence-corrected chi connectivity index (χ0v) is 32.7. The average molecular weight is 607 g/mol. The monoisotopic (exact) mass is 606 g/mol. The highest BCUT2D eigenvalue weighted by Crippen LogP contribution is 2.20. The van der Waals surface area contributed by atoms with Crippen LogP contribution in [-0.2, 0) is 29.1 Å². The maximum absolute atomic E-state index is 8.34. The Morgan fingerprint density at radius 1 is 0.576 bits per heavy atom. The molecule has 0 aromatic heterocycles. The van der Waals surface area contributed by atoms with E-state index in [1.807, 2.05) is 26.2 Å². The molecule has 0 rings (SSSR count). The predicted molar refractivity (Wildman–Crippen MR) is 162 cm³/mol. The van der Waals surface area contributed by atoms with Gasteiger partial charge in [0.15, 0.2) is 25.7 Å². The van der Waals surface area contributed by atoms with E-state index in [9.17, 15) is 0 Å². The molecule has 0 aromatic rings. The first-order valence-corrected chi connectivity index (χ1v) is 33.8. The molecule has 0 aliphatic heterocycles. The fourth-order valence-electron chi connectivity index (χ4n) is 3.29. The molecule has 198 valence electrons. The van der Waals surface area contributed by atoms with Crippen molar-refractivity contribution in [2.45, 2.75) is 105 Å². The Morgan fingerprint density at radius 3 is 1.30 bits per heavy atom. The highest BCUT2D eigenvalue weighted by atomic mass is 28.5. The fraction of sp³-hybridized carbons (Fsp3) is 1.00. The van der Waals surface area contributed by atoms with E-state index in [0.29, 0.717) is 0 Å². The van der Waals surface area contributed by atoms with E-state index in [2.05, 4.69) is 65.5 Å². The number of rotatable bonds is 13. The summed E-state index contributed by atoms with van der Waals surface area (Å²) < 4.78 is 49.4. The molecule has 2 atom stereocenters. The van der Waals surface area contributed by atoms with Gasteiger partial charge >= 0.3 is 25.7 Å². The van der Waals surface area contributed by atoms with Gasteiger partial charge in [-0.25, -0.2) is 0 Å². The first kappa shape index (κ1) is 34.5. The first-order valence-electron chi connectivity index (χ1n) is 12.0. The van der Waals surface area contributed by atoms with Gasteiger partial charge in [-0.2, -0.15) is 0 Å². The summed E-state index contributed by atoms with van der Waals surface area (Å²) in [5.74, 6) is 0. The van der Waals surface area contributed by atoms with Crippen molar-refractivity contribution in [2.75, 3.05) is 7.11 Å². The minimum Gasteiger partial charge on any atom is -0.445 e. The molecule has 0 saturated carbocycles. The Bertz CT molecular complexity index is 612. The molecule has 7 nitrogen and oxygen atoms in total. The molecule has 2 radical (unpaired) electrons. The molecule has 0 fully saturated rings. The first-order chi connectivity index (χ1) is 14.5. The minimum absolute atomic E-state index is 1.29. The van der Waals surface area contributed by atoms with E-state index >= 15 is 0 Å². The van der Waals surface area contributed by atoms with Crippen LogP contribution in [0.25, 0.3) is 0 Å². The van der Waals surface area contributed by atoms with E-state index in [1.165, 1.54) is 0 Å². The summed E-state index contributed by atoms with van der Waals surface area (Å²) in [5.41, 5.74) is 0. The van der Waals surface area contributed by atoms with Gasteiger partial charge < -0.3 is 29.1 Å². The van der Waals surface area contributed by atoms with Crippen molar-refractivity contribution in [3.63, 3.8) is 0 Å². The topological polar surface area (TPSA) is 64.6 Å². The lowest BCUT2D eigenvalue weighted by atomic mass is 10.8. The summed E-state index contributed by atoms with van der Waals surface area (Å²) in [6, 6.07) is 0. The maximum Gasteiger partial charge on any atom is 0.322 e. The molecule has 0 spiro atoms. The smallest absolute Gasteiger partial charge is 0.322 e. The molecular formula is C17H53BO7Si8. The number of hydrogen-bond acceptors (Lipinski definition) is 7. The molecule has 2 unspecified atom stereocenters. The molecule has 0 aliphatic rings. The van der Waals surface area contributed by atoms with Crippen LogP contribution in [0.4, 0.5) is 0 Å². The van der Waals surface area contributed by atoms with E-state index in [0.717, 1.165) is 0 Å². The molecule has 0 aromatic carbocycles. The van der Waals surface area contributed by atoms with Gasteiger partial charge in [-0.15, -0.1) is 0 Å². The van der Waals surface area contributed by atoms with Crippen LogP contribution < -0.4 is 0 Å². The van der Waals surface area contributed by atoms with Crippen LogP contribution in [0.2, 0.25) is 105 Å². The summed E-state index contributed by atoms with van der Waals surface area (Å²) >= 11 is 0. The van der Waals surface area contributed by atoms with Crippen molar-refractivity contribution in [2.24, 2.45) is 0 Å². The Balaban J connectivity index is 0. The Morgan fingerprint density at radius 2 is 0.970 bits per heavy atom. The van der Waals surface area contributed by atoms with Crippen LogP contribution in [0.5, 0.6) is 0 Å². The maximum atomic E-state index is 8.34. The second-order valence-corrected chi connectivity index (χ2v) is 39.2. The van der Waals surface area contributed by atoms with Crippen molar-refractivity contribution in [1.82, 2.24) is 0 Å². The van der Waals surface area contributed by atoms with Gasteiger partial charge in [-0.1, -0.05) is 0 Å². The third-order valence-electron chi connectivity index (χ3n) is 3.29. The quantitative estimate of drug-likeness (QED) is 0.272. The van der Waals surface area contributed by atoms with E-state index < -0.39 is 69.0 Å². The van der Waals surface area contributed by atoms with Crippen LogP contribution in [0.1, 0.15) is 0 Å². The van der Waals surface area contributed by atoms with Crippen LogP contribution in [0.15, 0.2) is 0 Å². The van der Waals surface area contributed by atoms with Crippen LogP contribution in [-0.4, -0.2) is 84.8 Å². The molecule has 0 N–H and O–H groups in total. The van der Waals surface area contributed by atoms with Crippen molar-refractivity contribution in [3.05, 3.63) is 0 Å². The second-order valence-electron chi connectivity index (χ2n) is 11.8. The summed E-state index contributed by atoms with van der Waals surface area (Å²) in [7, 11) is -8.88. The number of hydrogen-bond donors (Lipinski definition) is 0. The molecule has 0 heterocycles. The molecule has 33 heavy (non-hydrogen) atoms. The second kappa shape index (κ2) is 13.9.